The van der Waals surface area contributed by atoms with E-state index in [1.54, 1.807) is 11.3 Å². The third-order valence-corrected chi connectivity index (χ3v) is 18.8. The molecule has 0 aliphatic carbocycles. The molecule has 1 unspecified atom stereocenters. The Morgan fingerprint density at radius 1 is 0.481 bits per heavy atom. The van der Waals surface area contributed by atoms with Gasteiger partial charge in [-0.15, -0.1) is 49.3 Å². The zero-order chi connectivity index (χ0) is 73.3. The van der Waals surface area contributed by atoms with Crippen LogP contribution in [0.5, 0.6) is 0 Å². The molecule has 1 atom stereocenters. The van der Waals surface area contributed by atoms with Crippen LogP contribution in [0.25, 0.3) is 64.0 Å². The van der Waals surface area contributed by atoms with E-state index in [0.717, 1.165) is 120 Å². The molecule has 2 saturated heterocycles. The number of anilines is 3. The van der Waals surface area contributed by atoms with Crippen molar-refractivity contribution in [2.24, 2.45) is 0 Å². The standard InChI is InChI=1S/C27H20F3N5O2S.C16H9N3O3S.C16H11N3O2S.C11H13F3N2.BH2OP.H2O2/c28-27(29,30)19-7-9-20(10-8-19)34-12-14-35(15-13-34)26-33-32-24(37-26)23(36)25-31-21-11-6-18(16-22(21)38-25)17-4-2-1-3-5-17;20-13(14-18-19-16(21)22-14)15-17-11-7-6-10(8-12(11)23-15)9-4-2-1-3-5-9;20-16-19-18-14(21-16)9-15-17-12-7-6-11(8-13(12)22-15)10-4-2-1-3-5-10;12-11(13,14)9-1-3-10(4-2-9)16-7-5-15-6-8-16;2-1-3;1-2/h1-11,16H,12-15H2;1-8H,(H,19,21);1-8H,9H2,(H,19,20);1-4,15H,5-8H2;3H2;1-2H. The average molecular weight is 1490 g/mol. The molecule has 34 heteroatoms. The average Bonchev–Trinajstić information content (AvgIpc) is 1.68. The molecular weight excluding hydrogens is 1430 g/mol. The fourth-order valence-corrected chi connectivity index (χ4v) is 13.6. The van der Waals surface area contributed by atoms with E-state index in [2.05, 4.69) is 84.4 Å². The first-order chi connectivity index (χ1) is 50.3. The molecule has 0 saturated carbocycles. The number of rotatable bonds is 12. The van der Waals surface area contributed by atoms with Crippen LogP contribution < -0.4 is 31.5 Å². The van der Waals surface area contributed by atoms with Crippen molar-refractivity contribution in [1.29, 1.82) is 0 Å². The Hall–Kier alpha value is -11.1. The van der Waals surface area contributed by atoms with E-state index in [1.807, 2.05) is 140 Å². The summed E-state index contributed by atoms with van der Waals surface area (Å²) in [4.78, 5) is 66.4. The molecule has 0 bridgehead atoms. The summed E-state index contributed by atoms with van der Waals surface area (Å²) < 4.78 is 102. The van der Waals surface area contributed by atoms with Crippen LogP contribution in [0.4, 0.5) is 43.7 Å². The van der Waals surface area contributed by atoms with E-state index >= 15 is 0 Å². The number of H-pyrrole nitrogens is 2. The second-order valence-electron chi connectivity index (χ2n) is 22.4. The van der Waals surface area contributed by atoms with Gasteiger partial charge in [-0.1, -0.05) is 114 Å². The Morgan fingerprint density at radius 2 is 0.885 bits per heavy atom. The molecular formula is C70H57BF6N13O10PS3. The summed E-state index contributed by atoms with van der Waals surface area (Å²) in [5.74, 6) is -2.30. The molecule has 2 aliphatic heterocycles. The number of carbonyl (C=O) groups is 2. The van der Waals surface area contributed by atoms with Gasteiger partial charge in [0, 0.05) is 63.7 Å². The summed E-state index contributed by atoms with van der Waals surface area (Å²) in [5.41, 5.74) is 9.28. The summed E-state index contributed by atoms with van der Waals surface area (Å²) in [6.45, 7) is 6.23. The van der Waals surface area contributed by atoms with Gasteiger partial charge in [0.1, 0.15) is 5.01 Å². The molecule has 6 aromatic heterocycles. The van der Waals surface area contributed by atoms with Crippen molar-refractivity contribution in [2.45, 2.75) is 18.8 Å². The van der Waals surface area contributed by atoms with Crippen LogP contribution in [0.15, 0.2) is 217 Å². The van der Waals surface area contributed by atoms with Crippen LogP contribution in [0.2, 0.25) is 0 Å². The van der Waals surface area contributed by atoms with E-state index in [9.17, 15) is 45.5 Å². The van der Waals surface area contributed by atoms with Crippen molar-refractivity contribution >= 4 is 110 Å². The van der Waals surface area contributed by atoms with Gasteiger partial charge in [0.2, 0.25) is 5.89 Å². The molecule has 0 amide bonds. The third-order valence-electron chi connectivity index (χ3n) is 15.7. The Bertz CT molecular complexity index is 5300. The monoisotopic (exact) mass is 1490 g/mol. The Morgan fingerprint density at radius 3 is 1.31 bits per heavy atom. The fourth-order valence-electron chi connectivity index (χ4n) is 10.7. The zero-order valence-corrected chi connectivity index (χ0v) is 57.7. The Kier molecular flexibility index (Phi) is 24.4. The summed E-state index contributed by atoms with van der Waals surface area (Å²) in [6.07, 6.45) is -8.19. The molecule has 0 spiro atoms. The predicted octanol–water partition coefficient (Wildman–Crippen LogP) is 14.0. The van der Waals surface area contributed by atoms with Gasteiger partial charge in [-0.05, 0) is 118 Å². The fraction of sp³-hybridized carbons (Fsp3) is 0.157. The van der Waals surface area contributed by atoms with Crippen molar-refractivity contribution in [3.63, 3.8) is 0 Å². The largest absolute Gasteiger partial charge is 0.434 e. The maximum absolute atomic E-state index is 13.0. The minimum atomic E-state index is -4.36. The van der Waals surface area contributed by atoms with Gasteiger partial charge in [-0.3, -0.25) is 20.1 Å². The number of nitrogens with one attached hydrogen (secondary N) is 3. The van der Waals surface area contributed by atoms with Crippen molar-refractivity contribution in [3.8, 4) is 33.4 Å². The molecule has 8 heterocycles. The summed E-state index contributed by atoms with van der Waals surface area (Å²) >= 11 is 4.10. The molecule has 2 aliphatic rings. The molecule has 530 valence electrons. The number of carbonyl (C=O) groups excluding carboxylic acids is 2. The number of piperazine rings is 2. The predicted molar refractivity (Wildman–Crippen MR) is 387 cm³/mol. The summed E-state index contributed by atoms with van der Waals surface area (Å²) in [6, 6.07) is 58.7. The molecule has 104 heavy (non-hydrogen) atoms. The van der Waals surface area contributed by atoms with Crippen molar-refractivity contribution < 1.29 is 64.4 Å². The van der Waals surface area contributed by atoms with E-state index in [1.165, 1.54) is 52.5 Å². The second-order valence-corrected chi connectivity index (χ2v) is 25.8. The van der Waals surface area contributed by atoms with Gasteiger partial charge in [-0.2, -0.15) is 26.3 Å². The topological polar surface area (TPSA) is 309 Å². The summed E-state index contributed by atoms with van der Waals surface area (Å²) in [5, 5.41) is 36.3. The molecule has 2 fully saturated rings. The maximum Gasteiger partial charge on any atom is 0.434 e. The van der Waals surface area contributed by atoms with Crippen LogP contribution in [0, 0.1) is 0 Å². The zero-order valence-electron chi connectivity index (χ0n) is 54.1. The van der Waals surface area contributed by atoms with E-state index in [-0.39, 0.29) is 27.8 Å². The first kappa shape index (κ1) is 74.1. The van der Waals surface area contributed by atoms with Crippen LogP contribution in [-0.4, -0.2) is 127 Å². The van der Waals surface area contributed by atoms with Gasteiger partial charge in [0.15, 0.2) is 10.0 Å². The van der Waals surface area contributed by atoms with Crippen LogP contribution >= 0.6 is 43.1 Å². The maximum atomic E-state index is 13.0. The number of hydrogen-bond acceptors (Lipinski definition) is 24. The SMILES string of the molecule is FC(F)(F)c1ccc(N2CCNCC2)cc1.O=BP.O=C(c1n[nH]c(=O)o1)c1nc2ccc(-c3ccccc3)cc2s1.O=C(c1nnc(N2CCN(c3ccc(C(F)(F)F)cc3)CC2)o1)c1nc2ccc(-c3ccccc3)cc2s1.O=c1[nH]nc(Cc2nc3ccc(-c4ccccc4)cc3s2)o1.OO. The minimum absolute atomic E-state index is 0.132. The molecule has 0 radical (unpaired) electrons. The minimum Gasteiger partial charge on any atom is -0.400 e. The normalized spacial score (nSPS) is 12.8. The van der Waals surface area contributed by atoms with E-state index in [4.69, 9.17) is 24.1 Å². The number of hydrogen-bond donors (Lipinski definition) is 5. The summed E-state index contributed by atoms with van der Waals surface area (Å²) in [7, 11) is 1.90. The van der Waals surface area contributed by atoms with Crippen molar-refractivity contribution in [2.75, 3.05) is 67.1 Å². The van der Waals surface area contributed by atoms with E-state index in [0.29, 0.717) is 51.0 Å². The molecule has 8 aromatic carbocycles. The van der Waals surface area contributed by atoms with Crippen molar-refractivity contribution in [1.82, 2.24) is 50.9 Å². The number of thiazole rings is 3. The van der Waals surface area contributed by atoms with Gasteiger partial charge in [0.05, 0.1) is 48.2 Å². The Balaban J connectivity index is 0.000000143. The molecule has 23 nitrogen and oxygen atoms in total. The van der Waals surface area contributed by atoms with E-state index < -0.39 is 46.6 Å². The number of aromatic amines is 2. The van der Waals surface area contributed by atoms with Gasteiger partial charge in [-0.25, -0.2) is 34.7 Å². The van der Waals surface area contributed by atoms with Crippen LogP contribution in [0.1, 0.15) is 53.4 Å². The number of halogens is 6. The number of fused-ring (bicyclic) bond motifs is 3. The molecule has 16 rings (SSSR count). The third kappa shape index (κ3) is 19.0. The Labute approximate surface area is 599 Å². The molecule has 5 N–H and O–H groups in total. The first-order valence-corrected chi connectivity index (χ1v) is 34.5. The number of ketones is 2. The molecule has 14 aromatic rings. The van der Waals surface area contributed by atoms with Gasteiger partial charge in [0.25, 0.3) is 23.3 Å². The number of benzene rings is 8. The van der Waals surface area contributed by atoms with Gasteiger partial charge >= 0.3 is 50.6 Å². The number of aromatic nitrogens is 9. The second kappa shape index (κ2) is 34.3. The smallest absolute Gasteiger partial charge is 0.400 e. The van der Waals surface area contributed by atoms with Crippen LogP contribution in [0.3, 0.4) is 0 Å². The number of alkyl halides is 6. The van der Waals surface area contributed by atoms with Gasteiger partial charge < -0.3 is 33.3 Å². The van der Waals surface area contributed by atoms with Crippen LogP contribution in [-0.2, 0) is 23.5 Å². The number of nitrogens with zero attached hydrogens (tertiary/aromatic N) is 10. The first-order valence-electron chi connectivity index (χ1n) is 31.4. The quantitative estimate of drug-likeness (QED) is 0.0189. The van der Waals surface area contributed by atoms with Crippen molar-refractivity contribution in [3.05, 3.63) is 259 Å².